The van der Waals surface area contributed by atoms with Crippen LogP contribution in [0.1, 0.15) is 15.9 Å². The zero-order valence-corrected chi connectivity index (χ0v) is 11.3. The molecule has 0 aliphatic heterocycles. The van der Waals surface area contributed by atoms with Crippen molar-refractivity contribution in [2.24, 2.45) is 0 Å². The number of esters is 1. The standard InChI is InChI=1S/C15H10ClNO3/c1-20-15(19)12-13(16)10(8-17)7-11(14(12)18)9-5-3-2-4-6-9/h2-7,18H,1H3. The van der Waals surface area contributed by atoms with Gasteiger partial charge in [-0.05, 0) is 11.6 Å². The second-order valence-corrected chi connectivity index (χ2v) is 4.36. The molecule has 0 aliphatic rings. The molecule has 0 spiro atoms. The molecule has 5 heteroatoms. The number of rotatable bonds is 2. The Hall–Kier alpha value is -2.51. The number of hydrogen-bond acceptors (Lipinski definition) is 4. The Kier molecular flexibility index (Phi) is 3.92. The van der Waals surface area contributed by atoms with Crippen molar-refractivity contribution in [3.8, 4) is 22.9 Å². The van der Waals surface area contributed by atoms with Crippen molar-refractivity contribution in [2.45, 2.75) is 0 Å². The summed E-state index contributed by atoms with van der Waals surface area (Å²) in [5, 5.41) is 19.2. The van der Waals surface area contributed by atoms with E-state index >= 15 is 0 Å². The van der Waals surface area contributed by atoms with Crippen molar-refractivity contribution in [3.63, 3.8) is 0 Å². The zero-order chi connectivity index (χ0) is 14.7. The van der Waals surface area contributed by atoms with Gasteiger partial charge in [-0.3, -0.25) is 0 Å². The minimum atomic E-state index is -0.790. The maximum absolute atomic E-state index is 11.7. The number of ether oxygens (including phenoxy) is 1. The van der Waals surface area contributed by atoms with Gasteiger partial charge in [0.15, 0.2) is 0 Å². The quantitative estimate of drug-likeness (QED) is 0.860. The van der Waals surface area contributed by atoms with Crippen molar-refractivity contribution < 1.29 is 14.6 Å². The van der Waals surface area contributed by atoms with Crippen molar-refractivity contribution in [1.29, 1.82) is 5.26 Å². The number of nitrogens with zero attached hydrogens (tertiary/aromatic N) is 1. The Bertz CT molecular complexity index is 705. The second kappa shape index (κ2) is 5.64. The molecule has 0 bridgehead atoms. The van der Waals surface area contributed by atoms with Crippen LogP contribution >= 0.6 is 11.6 Å². The lowest BCUT2D eigenvalue weighted by Gasteiger charge is -2.12. The molecule has 0 saturated carbocycles. The van der Waals surface area contributed by atoms with E-state index in [1.807, 2.05) is 12.1 Å². The number of benzene rings is 2. The third-order valence-electron chi connectivity index (χ3n) is 2.83. The highest BCUT2D eigenvalue weighted by molar-refractivity contribution is 6.35. The van der Waals surface area contributed by atoms with Gasteiger partial charge in [0.05, 0.1) is 17.7 Å². The van der Waals surface area contributed by atoms with Crippen LogP contribution in [-0.4, -0.2) is 18.2 Å². The van der Waals surface area contributed by atoms with E-state index in [-0.39, 0.29) is 21.9 Å². The highest BCUT2D eigenvalue weighted by atomic mass is 35.5. The maximum atomic E-state index is 11.7. The summed E-state index contributed by atoms with van der Waals surface area (Å²) in [7, 11) is 1.18. The molecule has 100 valence electrons. The van der Waals surface area contributed by atoms with Gasteiger partial charge in [-0.25, -0.2) is 4.79 Å². The summed E-state index contributed by atoms with van der Waals surface area (Å²) in [6.45, 7) is 0. The Morgan fingerprint density at radius 3 is 2.55 bits per heavy atom. The highest BCUT2D eigenvalue weighted by Crippen LogP contribution is 2.38. The van der Waals surface area contributed by atoms with Gasteiger partial charge in [-0.1, -0.05) is 41.9 Å². The number of carbonyl (C=O) groups excluding carboxylic acids is 1. The first kappa shape index (κ1) is 13.9. The predicted molar refractivity (Wildman–Crippen MR) is 74.6 cm³/mol. The van der Waals surface area contributed by atoms with Crippen LogP contribution < -0.4 is 0 Å². The van der Waals surface area contributed by atoms with Crippen LogP contribution in [0.25, 0.3) is 11.1 Å². The van der Waals surface area contributed by atoms with Crippen molar-refractivity contribution >= 4 is 17.6 Å². The van der Waals surface area contributed by atoms with E-state index < -0.39 is 5.97 Å². The highest BCUT2D eigenvalue weighted by Gasteiger charge is 2.23. The molecule has 2 rings (SSSR count). The van der Waals surface area contributed by atoms with Crippen LogP contribution in [0.15, 0.2) is 36.4 Å². The second-order valence-electron chi connectivity index (χ2n) is 3.98. The molecule has 1 N–H and O–H groups in total. The van der Waals surface area contributed by atoms with Gasteiger partial charge < -0.3 is 9.84 Å². The lowest BCUT2D eigenvalue weighted by Crippen LogP contribution is -2.05. The number of hydrogen-bond donors (Lipinski definition) is 1. The summed E-state index contributed by atoms with van der Waals surface area (Å²) in [5.74, 6) is -1.09. The lowest BCUT2D eigenvalue weighted by molar-refractivity contribution is 0.0597. The summed E-state index contributed by atoms with van der Waals surface area (Å²) in [6.07, 6.45) is 0. The predicted octanol–water partition coefficient (Wildman–Crippen LogP) is 3.37. The van der Waals surface area contributed by atoms with Crippen LogP contribution in [0.2, 0.25) is 5.02 Å². The first-order chi connectivity index (χ1) is 9.60. The van der Waals surface area contributed by atoms with Gasteiger partial charge >= 0.3 is 5.97 Å². The van der Waals surface area contributed by atoms with E-state index in [9.17, 15) is 9.90 Å². The van der Waals surface area contributed by atoms with E-state index in [0.29, 0.717) is 11.1 Å². The van der Waals surface area contributed by atoms with Gasteiger partial charge in [0.25, 0.3) is 0 Å². The average molecular weight is 288 g/mol. The molecule has 2 aromatic carbocycles. The Morgan fingerprint density at radius 2 is 2.00 bits per heavy atom. The fourth-order valence-corrected chi connectivity index (χ4v) is 2.12. The van der Waals surface area contributed by atoms with Crippen molar-refractivity contribution in [2.75, 3.05) is 7.11 Å². The van der Waals surface area contributed by atoms with Crippen LogP contribution in [0.3, 0.4) is 0 Å². The minimum absolute atomic E-state index is 0.101. The molecule has 0 heterocycles. The number of aromatic hydroxyl groups is 1. The molecule has 20 heavy (non-hydrogen) atoms. The third-order valence-corrected chi connectivity index (χ3v) is 3.22. The first-order valence-corrected chi connectivity index (χ1v) is 6.07. The molecule has 0 amide bonds. The fraction of sp³-hybridized carbons (Fsp3) is 0.0667. The monoisotopic (exact) mass is 287 g/mol. The van der Waals surface area contributed by atoms with Gasteiger partial charge in [0.1, 0.15) is 17.4 Å². The van der Waals surface area contributed by atoms with Gasteiger partial charge in [-0.2, -0.15) is 5.26 Å². The molecule has 0 fully saturated rings. The lowest BCUT2D eigenvalue weighted by atomic mass is 9.98. The molecule has 0 radical (unpaired) electrons. The average Bonchev–Trinajstić information content (AvgIpc) is 2.48. The topological polar surface area (TPSA) is 70.3 Å². The smallest absolute Gasteiger partial charge is 0.343 e. The Morgan fingerprint density at radius 1 is 1.35 bits per heavy atom. The van der Waals surface area contributed by atoms with Crippen LogP contribution in [0.5, 0.6) is 5.75 Å². The fourth-order valence-electron chi connectivity index (χ4n) is 1.86. The summed E-state index contributed by atoms with van der Waals surface area (Å²) in [5.41, 5.74) is 0.922. The van der Waals surface area contributed by atoms with Crippen LogP contribution in [-0.2, 0) is 4.74 Å². The summed E-state index contributed by atoms with van der Waals surface area (Å²) < 4.78 is 4.60. The minimum Gasteiger partial charge on any atom is -0.506 e. The summed E-state index contributed by atoms with van der Waals surface area (Å²) in [6, 6.07) is 12.2. The van der Waals surface area contributed by atoms with E-state index in [1.54, 1.807) is 24.3 Å². The molecule has 2 aromatic rings. The molecule has 0 saturated heterocycles. The normalized spacial score (nSPS) is 9.85. The molecule has 0 unspecified atom stereocenters. The Balaban J connectivity index is 2.78. The SMILES string of the molecule is COC(=O)c1c(O)c(-c2ccccc2)cc(C#N)c1Cl. The van der Waals surface area contributed by atoms with Gasteiger partial charge in [0, 0.05) is 5.56 Å². The Labute approximate surface area is 120 Å². The van der Waals surface area contributed by atoms with E-state index in [0.717, 1.165) is 0 Å². The number of phenolic OH excluding ortho intramolecular Hbond substituents is 1. The molecular weight excluding hydrogens is 278 g/mol. The molecule has 0 aromatic heterocycles. The van der Waals surface area contributed by atoms with Crippen LogP contribution in [0.4, 0.5) is 0 Å². The van der Waals surface area contributed by atoms with Crippen molar-refractivity contribution in [1.82, 2.24) is 0 Å². The number of phenols is 1. The molecule has 4 nitrogen and oxygen atoms in total. The van der Waals surface area contributed by atoms with Crippen molar-refractivity contribution in [3.05, 3.63) is 52.5 Å². The zero-order valence-electron chi connectivity index (χ0n) is 10.6. The van der Waals surface area contributed by atoms with E-state index in [2.05, 4.69) is 4.74 Å². The number of carbonyl (C=O) groups is 1. The number of nitriles is 1. The third kappa shape index (κ3) is 2.31. The molecule has 0 atom stereocenters. The first-order valence-electron chi connectivity index (χ1n) is 5.69. The largest absolute Gasteiger partial charge is 0.506 e. The van der Waals surface area contributed by atoms with E-state index in [1.165, 1.54) is 13.2 Å². The number of methoxy groups -OCH3 is 1. The van der Waals surface area contributed by atoms with Crippen LogP contribution in [0, 0.1) is 11.3 Å². The molecule has 0 aliphatic carbocycles. The van der Waals surface area contributed by atoms with E-state index in [4.69, 9.17) is 16.9 Å². The number of halogens is 1. The summed E-state index contributed by atoms with van der Waals surface area (Å²) >= 11 is 5.96. The molecular formula is C15H10ClNO3. The van der Waals surface area contributed by atoms with Gasteiger partial charge in [-0.15, -0.1) is 0 Å². The maximum Gasteiger partial charge on any atom is 0.343 e. The summed E-state index contributed by atoms with van der Waals surface area (Å²) in [4.78, 5) is 11.7. The van der Waals surface area contributed by atoms with Gasteiger partial charge in [0.2, 0.25) is 0 Å².